The highest BCUT2D eigenvalue weighted by atomic mass is 35.5. The lowest BCUT2D eigenvalue weighted by Gasteiger charge is -2.44. The van der Waals surface area contributed by atoms with E-state index >= 15 is 0 Å². The molecular weight excluding hydrogens is 428 g/mol. The number of aryl methyl sites for hydroxylation is 2. The normalized spacial score (nSPS) is 26.4. The summed E-state index contributed by atoms with van der Waals surface area (Å²) in [6.07, 6.45) is -0.149. The predicted octanol–water partition coefficient (Wildman–Crippen LogP) is 3.61. The molecule has 2 saturated heterocycles. The van der Waals surface area contributed by atoms with E-state index in [1.54, 1.807) is 11.8 Å². The third-order valence-corrected chi connectivity index (χ3v) is 7.83. The fraction of sp³-hybridized carbons (Fsp3) is 0.375. The van der Waals surface area contributed by atoms with Crippen LogP contribution in [0.1, 0.15) is 16.7 Å². The van der Waals surface area contributed by atoms with E-state index < -0.39 is 0 Å². The Morgan fingerprint density at radius 3 is 2.48 bits per heavy atom. The van der Waals surface area contributed by atoms with E-state index in [-0.39, 0.29) is 23.5 Å². The third-order valence-electron chi connectivity index (χ3n) is 6.40. The van der Waals surface area contributed by atoms with Crippen LogP contribution < -0.4 is 15.5 Å². The Morgan fingerprint density at radius 2 is 1.77 bits per heavy atom. The predicted molar refractivity (Wildman–Crippen MR) is 129 cm³/mol. The number of hydrogen-bond donors (Lipinski definition) is 2. The van der Waals surface area contributed by atoms with E-state index in [1.165, 1.54) is 22.4 Å². The lowest BCUT2D eigenvalue weighted by molar-refractivity contribution is -0.125. The minimum Gasteiger partial charge on any atom is -0.369 e. The van der Waals surface area contributed by atoms with E-state index in [1.807, 2.05) is 24.3 Å². The van der Waals surface area contributed by atoms with Gasteiger partial charge in [0.05, 0.1) is 6.04 Å². The second-order valence-corrected chi connectivity index (χ2v) is 9.96. The number of fused-ring (bicyclic) bond motifs is 1. The second kappa shape index (κ2) is 8.51. The van der Waals surface area contributed by atoms with Crippen molar-refractivity contribution >= 4 is 40.5 Å². The zero-order valence-electron chi connectivity index (χ0n) is 17.8. The van der Waals surface area contributed by atoms with Gasteiger partial charge in [0.15, 0.2) is 0 Å². The van der Waals surface area contributed by atoms with E-state index in [0.717, 1.165) is 36.8 Å². The number of piperazine rings is 1. The van der Waals surface area contributed by atoms with Crippen molar-refractivity contribution in [3.63, 3.8) is 0 Å². The molecule has 2 N–H and O–H groups in total. The van der Waals surface area contributed by atoms with Crippen molar-refractivity contribution in [1.82, 2.24) is 15.5 Å². The molecule has 2 aromatic carbocycles. The number of nitrogens with one attached hydrogen (secondary N) is 2. The highest BCUT2D eigenvalue weighted by Crippen LogP contribution is 2.38. The zero-order chi connectivity index (χ0) is 21.5. The van der Waals surface area contributed by atoms with Gasteiger partial charge < -0.3 is 10.2 Å². The molecule has 3 unspecified atom stereocenters. The van der Waals surface area contributed by atoms with Crippen molar-refractivity contribution in [2.45, 2.75) is 31.4 Å². The van der Waals surface area contributed by atoms with Gasteiger partial charge in [0.25, 0.3) is 0 Å². The van der Waals surface area contributed by atoms with Crippen LogP contribution in [0.4, 0.5) is 5.69 Å². The molecule has 3 aliphatic heterocycles. The van der Waals surface area contributed by atoms with Crippen molar-refractivity contribution in [3.05, 3.63) is 69.6 Å². The first kappa shape index (κ1) is 20.9. The Bertz CT molecular complexity index is 1020. The van der Waals surface area contributed by atoms with Gasteiger partial charge in [0, 0.05) is 36.9 Å². The van der Waals surface area contributed by atoms with Crippen molar-refractivity contribution in [3.8, 4) is 0 Å². The molecule has 162 valence electrons. The number of anilines is 1. The maximum Gasteiger partial charge on any atom is 0.237 e. The van der Waals surface area contributed by atoms with Crippen LogP contribution >= 0.6 is 23.4 Å². The van der Waals surface area contributed by atoms with Crippen molar-refractivity contribution in [2.24, 2.45) is 0 Å². The summed E-state index contributed by atoms with van der Waals surface area (Å²) in [6, 6.07) is 14.5. The van der Waals surface area contributed by atoms with Crippen LogP contribution in [0.5, 0.6) is 0 Å². The first-order chi connectivity index (χ1) is 15.0. The number of carbonyl (C=O) groups is 1. The standard InChI is InChI=1S/C24H27ClN4OS/c1-15-3-8-20(16(2)13-15)28-9-11-29(12-10-28)24-26-21-19(14-31-22(21)23(30)27-24)17-4-6-18(25)7-5-17/h3-8,13-14,21-22,24,26H,9-12H2,1-2H3,(H,27,30). The van der Waals surface area contributed by atoms with Gasteiger partial charge in [-0.25, -0.2) is 0 Å². The van der Waals surface area contributed by atoms with Gasteiger partial charge in [-0.05, 0) is 54.2 Å². The van der Waals surface area contributed by atoms with Crippen LogP contribution in [0.15, 0.2) is 47.9 Å². The number of thioether (sulfide) groups is 1. The summed E-state index contributed by atoms with van der Waals surface area (Å²) < 4.78 is 0. The highest BCUT2D eigenvalue weighted by Gasteiger charge is 2.43. The van der Waals surface area contributed by atoms with Gasteiger partial charge in [0.2, 0.25) is 5.91 Å². The molecule has 3 heterocycles. The Balaban J connectivity index is 1.27. The topological polar surface area (TPSA) is 47.6 Å². The molecule has 31 heavy (non-hydrogen) atoms. The van der Waals surface area contributed by atoms with E-state index in [9.17, 15) is 4.79 Å². The summed E-state index contributed by atoms with van der Waals surface area (Å²) in [4.78, 5) is 17.7. The van der Waals surface area contributed by atoms with Gasteiger partial charge in [-0.1, -0.05) is 41.4 Å². The quantitative estimate of drug-likeness (QED) is 0.742. The summed E-state index contributed by atoms with van der Waals surface area (Å²) in [5.41, 5.74) is 6.21. The Hall–Kier alpha value is -1.99. The molecule has 2 fully saturated rings. The van der Waals surface area contributed by atoms with E-state index in [4.69, 9.17) is 11.6 Å². The molecule has 0 radical (unpaired) electrons. The zero-order valence-corrected chi connectivity index (χ0v) is 19.3. The van der Waals surface area contributed by atoms with Gasteiger partial charge in [0.1, 0.15) is 11.5 Å². The monoisotopic (exact) mass is 454 g/mol. The molecule has 2 aromatic rings. The van der Waals surface area contributed by atoms with Gasteiger partial charge >= 0.3 is 0 Å². The molecule has 0 bridgehead atoms. The summed E-state index contributed by atoms with van der Waals surface area (Å²) >= 11 is 7.66. The molecule has 3 atom stereocenters. The molecule has 1 amide bonds. The smallest absolute Gasteiger partial charge is 0.237 e. The molecule has 0 aromatic heterocycles. The lowest BCUT2D eigenvalue weighted by Crippen LogP contribution is -2.69. The third kappa shape index (κ3) is 4.10. The number of benzene rings is 2. The van der Waals surface area contributed by atoms with Crippen LogP contribution in [0, 0.1) is 13.8 Å². The average Bonchev–Trinajstić information content (AvgIpc) is 3.19. The summed E-state index contributed by atoms with van der Waals surface area (Å²) in [5, 5.41) is 9.61. The second-order valence-electron chi connectivity index (χ2n) is 8.51. The first-order valence-electron chi connectivity index (χ1n) is 10.7. The number of halogens is 1. The average molecular weight is 455 g/mol. The van der Waals surface area contributed by atoms with E-state index in [2.05, 4.69) is 57.9 Å². The Morgan fingerprint density at radius 1 is 1.03 bits per heavy atom. The molecule has 3 aliphatic rings. The Kier molecular flexibility index (Phi) is 5.73. The van der Waals surface area contributed by atoms with Crippen LogP contribution in [-0.2, 0) is 4.79 Å². The number of nitrogens with zero attached hydrogens (tertiary/aromatic N) is 2. The number of rotatable bonds is 3. The highest BCUT2D eigenvalue weighted by molar-refractivity contribution is 8.04. The summed E-state index contributed by atoms with van der Waals surface area (Å²) in [5.74, 6) is 0.107. The maximum absolute atomic E-state index is 12.9. The van der Waals surface area contributed by atoms with Gasteiger partial charge in [-0.2, -0.15) is 0 Å². The molecule has 0 saturated carbocycles. The van der Waals surface area contributed by atoms with Crippen LogP contribution in [0.25, 0.3) is 5.57 Å². The molecule has 5 rings (SSSR count). The van der Waals surface area contributed by atoms with Gasteiger partial charge in [-0.15, -0.1) is 11.8 Å². The maximum atomic E-state index is 12.9. The lowest BCUT2D eigenvalue weighted by atomic mass is 9.96. The van der Waals surface area contributed by atoms with Crippen molar-refractivity contribution in [1.29, 1.82) is 0 Å². The van der Waals surface area contributed by atoms with E-state index in [0.29, 0.717) is 0 Å². The number of amides is 1. The van der Waals surface area contributed by atoms with Crippen LogP contribution in [0.2, 0.25) is 5.02 Å². The molecule has 7 heteroatoms. The van der Waals surface area contributed by atoms with Crippen molar-refractivity contribution in [2.75, 3.05) is 31.1 Å². The van der Waals surface area contributed by atoms with Gasteiger partial charge in [-0.3, -0.25) is 15.0 Å². The van der Waals surface area contributed by atoms with Crippen LogP contribution in [0.3, 0.4) is 0 Å². The van der Waals surface area contributed by atoms with Crippen molar-refractivity contribution < 1.29 is 4.79 Å². The summed E-state index contributed by atoms with van der Waals surface area (Å²) in [7, 11) is 0. The number of carbonyl (C=O) groups excluding carboxylic acids is 1. The molecular formula is C24H27ClN4OS. The summed E-state index contributed by atoms with van der Waals surface area (Å²) in [6.45, 7) is 8.00. The Labute approximate surface area is 192 Å². The molecule has 0 aliphatic carbocycles. The SMILES string of the molecule is Cc1ccc(N2CCN(C3NC(=O)C4SC=C(c5ccc(Cl)cc5)C4N3)CC2)c(C)c1. The minimum atomic E-state index is -0.149. The molecule has 0 spiro atoms. The fourth-order valence-corrected chi connectivity index (χ4v) is 6.02. The fourth-order valence-electron chi connectivity index (χ4n) is 4.75. The van der Waals surface area contributed by atoms with Crippen LogP contribution in [-0.4, -0.2) is 54.6 Å². The largest absolute Gasteiger partial charge is 0.369 e. The first-order valence-corrected chi connectivity index (χ1v) is 12.1. The number of hydrogen-bond acceptors (Lipinski definition) is 5. The minimum absolute atomic E-state index is 0.00213. The molecule has 5 nitrogen and oxygen atoms in total.